The lowest BCUT2D eigenvalue weighted by molar-refractivity contribution is -0.185. The number of hydrogen-bond acceptors (Lipinski definition) is 3. The van der Waals surface area contributed by atoms with E-state index in [9.17, 15) is 30.7 Å². The number of ether oxygens (including phenoxy) is 3. The zero-order chi connectivity index (χ0) is 27.4. The highest BCUT2D eigenvalue weighted by molar-refractivity contribution is 5.34. The van der Waals surface area contributed by atoms with Gasteiger partial charge in [-0.2, -0.15) is 13.2 Å². The van der Waals surface area contributed by atoms with Crippen LogP contribution in [0.2, 0.25) is 0 Å². The number of hydrogen-bond donors (Lipinski definition) is 0. The zero-order valence-corrected chi connectivity index (χ0v) is 20.4. The fourth-order valence-corrected chi connectivity index (χ4v) is 4.33. The summed E-state index contributed by atoms with van der Waals surface area (Å²) < 4.78 is 113. The fourth-order valence-electron chi connectivity index (χ4n) is 4.33. The van der Waals surface area contributed by atoms with Gasteiger partial charge in [0.1, 0.15) is 12.4 Å². The Hall–Kier alpha value is -3.27. The van der Waals surface area contributed by atoms with Crippen LogP contribution < -0.4 is 9.47 Å². The van der Waals surface area contributed by atoms with Gasteiger partial charge in [-0.05, 0) is 48.6 Å². The molecule has 0 aliphatic carbocycles. The van der Waals surface area contributed by atoms with Crippen molar-refractivity contribution in [3.63, 3.8) is 0 Å². The second kappa shape index (κ2) is 11.6. The van der Waals surface area contributed by atoms with Gasteiger partial charge in [0.2, 0.25) is 5.82 Å². The summed E-state index contributed by atoms with van der Waals surface area (Å²) >= 11 is 0. The fraction of sp³-hybridized carbons (Fsp3) is 0.357. The van der Waals surface area contributed by atoms with Crippen LogP contribution in [0.15, 0.2) is 48.5 Å². The molecule has 0 N–H and O–H groups in total. The van der Waals surface area contributed by atoms with Gasteiger partial charge in [0.25, 0.3) is 0 Å². The molecule has 204 valence electrons. The van der Waals surface area contributed by atoms with Gasteiger partial charge in [0.15, 0.2) is 29.0 Å². The molecule has 0 spiro atoms. The smallest absolute Gasteiger partial charge is 0.426 e. The van der Waals surface area contributed by atoms with E-state index in [2.05, 4.69) is 11.7 Å². The van der Waals surface area contributed by atoms with E-state index >= 15 is 0 Å². The second-order valence-corrected chi connectivity index (χ2v) is 9.10. The molecule has 1 heterocycles. The highest BCUT2D eigenvalue weighted by Crippen LogP contribution is 2.35. The first-order valence-corrected chi connectivity index (χ1v) is 12.1. The summed E-state index contributed by atoms with van der Waals surface area (Å²) in [7, 11) is 0. The molecule has 3 aromatic carbocycles. The molecule has 1 saturated heterocycles. The molecule has 0 amide bonds. The Labute approximate surface area is 215 Å². The molecule has 0 aromatic heterocycles. The number of benzene rings is 3. The molecule has 1 aliphatic heterocycles. The van der Waals surface area contributed by atoms with Crippen molar-refractivity contribution in [2.24, 2.45) is 0 Å². The molecule has 0 bridgehead atoms. The molecule has 2 unspecified atom stereocenters. The summed E-state index contributed by atoms with van der Waals surface area (Å²) in [5.41, 5.74) is -0.0869. The predicted molar refractivity (Wildman–Crippen MR) is 125 cm³/mol. The molecule has 3 aromatic rings. The minimum Gasteiger partial charge on any atom is -0.486 e. The maximum Gasteiger partial charge on any atom is 0.426 e. The van der Waals surface area contributed by atoms with Crippen LogP contribution in [-0.2, 0) is 17.5 Å². The molecule has 10 heteroatoms. The van der Waals surface area contributed by atoms with Gasteiger partial charge in [-0.15, -0.1) is 0 Å². The molecule has 1 aliphatic rings. The molecule has 0 radical (unpaired) electrons. The minimum atomic E-state index is -4.00. The molecule has 38 heavy (non-hydrogen) atoms. The second-order valence-electron chi connectivity index (χ2n) is 9.10. The van der Waals surface area contributed by atoms with E-state index in [1.807, 2.05) is 0 Å². The van der Waals surface area contributed by atoms with Crippen LogP contribution >= 0.6 is 0 Å². The summed E-state index contributed by atoms with van der Waals surface area (Å²) in [6.07, 6.45) is -0.486. The third-order valence-corrected chi connectivity index (χ3v) is 6.39. The van der Waals surface area contributed by atoms with E-state index in [4.69, 9.17) is 9.47 Å². The zero-order valence-electron chi connectivity index (χ0n) is 20.4. The Morgan fingerprint density at radius 1 is 0.868 bits per heavy atom. The van der Waals surface area contributed by atoms with Gasteiger partial charge in [0, 0.05) is 18.1 Å². The maximum atomic E-state index is 14.8. The van der Waals surface area contributed by atoms with Crippen molar-refractivity contribution < 1.29 is 44.9 Å². The first kappa shape index (κ1) is 27.8. The van der Waals surface area contributed by atoms with Crippen LogP contribution in [-0.4, -0.2) is 12.7 Å². The summed E-state index contributed by atoms with van der Waals surface area (Å²) in [4.78, 5) is 0. The van der Waals surface area contributed by atoms with Crippen molar-refractivity contribution in [3.05, 3.63) is 94.3 Å². The van der Waals surface area contributed by atoms with Crippen LogP contribution in [0.5, 0.6) is 11.5 Å². The van der Waals surface area contributed by atoms with E-state index < -0.39 is 46.5 Å². The molecular formula is C28H25F7O3. The van der Waals surface area contributed by atoms with E-state index in [1.54, 1.807) is 0 Å². The Balaban J connectivity index is 1.38. The van der Waals surface area contributed by atoms with Gasteiger partial charge >= 0.3 is 6.11 Å². The lowest BCUT2D eigenvalue weighted by Crippen LogP contribution is -2.25. The highest BCUT2D eigenvalue weighted by Gasteiger charge is 2.35. The van der Waals surface area contributed by atoms with Crippen molar-refractivity contribution in [2.45, 2.75) is 57.3 Å². The molecule has 3 nitrogen and oxygen atoms in total. The molecule has 4 rings (SSSR count). The van der Waals surface area contributed by atoms with Crippen molar-refractivity contribution in [1.29, 1.82) is 0 Å². The Morgan fingerprint density at radius 3 is 2.16 bits per heavy atom. The minimum absolute atomic E-state index is 0.138. The third kappa shape index (κ3) is 6.23. The largest absolute Gasteiger partial charge is 0.486 e. The van der Waals surface area contributed by atoms with Crippen LogP contribution in [0, 0.1) is 29.1 Å². The van der Waals surface area contributed by atoms with Crippen molar-refractivity contribution in [2.75, 3.05) is 6.61 Å². The number of rotatable bonds is 9. The van der Waals surface area contributed by atoms with Crippen LogP contribution in [0.3, 0.4) is 0 Å². The first-order chi connectivity index (χ1) is 18.1. The van der Waals surface area contributed by atoms with E-state index in [0.717, 1.165) is 31.4 Å². The molecule has 1 fully saturated rings. The summed E-state index contributed by atoms with van der Waals surface area (Å²) in [6.45, 7) is 2.12. The summed E-state index contributed by atoms with van der Waals surface area (Å²) in [5, 5.41) is 0. The van der Waals surface area contributed by atoms with Gasteiger partial charge in [-0.3, -0.25) is 0 Å². The third-order valence-electron chi connectivity index (χ3n) is 6.39. The number of halogens is 7. The molecule has 0 saturated carbocycles. The average Bonchev–Trinajstić information content (AvgIpc) is 2.89. The standard InChI is InChI=1S/C28H25F7O3/c1-2-3-19-9-6-17(15-36-19)21-10-11-24(27(33)25(21)31)37-14-16-4-7-18(8-5-16)28(34,35)38-20-12-22(29)26(32)23(30)13-20/h4-5,7-8,10-13,17,19H,2-3,6,9,14-15H2,1H3. The van der Waals surface area contributed by atoms with Gasteiger partial charge in [-0.25, -0.2) is 17.6 Å². The maximum absolute atomic E-state index is 14.8. The van der Waals surface area contributed by atoms with Crippen LogP contribution in [0.4, 0.5) is 30.7 Å². The first-order valence-electron chi connectivity index (χ1n) is 12.1. The quantitative estimate of drug-likeness (QED) is 0.202. The van der Waals surface area contributed by atoms with Gasteiger partial charge in [0.05, 0.1) is 18.3 Å². The monoisotopic (exact) mass is 542 g/mol. The van der Waals surface area contributed by atoms with Crippen LogP contribution in [0.1, 0.15) is 55.2 Å². The average molecular weight is 542 g/mol. The summed E-state index contributed by atoms with van der Waals surface area (Å²) in [6, 6.07) is 7.83. The lowest BCUT2D eigenvalue weighted by Gasteiger charge is -2.29. The van der Waals surface area contributed by atoms with Crippen molar-refractivity contribution >= 4 is 0 Å². The number of alkyl halides is 2. The Kier molecular flexibility index (Phi) is 8.50. The highest BCUT2D eigenvalue weighted by atomic mass is 19.3. The normalized spacial score (nSPS) is 17.9. The predicted octanol–water partition coefficient (Wildman–Crippen LogP) is 8.15. The topological polar surface area (TPSA) is 27.7 Å². The Bertz CT molecular complexity index is 1230. The van der Waals surface area contributed by atoms with Gasteiger partial charge in [-0.1, -0.05) is 31.5 Å². The molecule has 2 atom stereocenters. The van der Waals surface area contributed by atoms with E-state index in [-0.39, 0.29) is 29.9 Å². The SMILES string of the molecule is CCCC1CCC(c2ccc(OCc3ccc(C(F)(F)Oc4cc(F)c(F)c(F)c4)cc3)c(F)c2F)CO1. The molecular weight excluding hydrogens is 517 g/mol. The van der Waals surface area contributed by atoms with Gasteiger partial charge < -0.3 is 14.2 Å². The van der Waals surface area contributed by atoms with E-state index in [0.29, 0.717) is 30.7 Å². The van der Waals surface area contributed by atoms with E-state index in [1.165, 1.54) is 24.3 Å². The lowest BCUT2D eigenvalue weighted by atomic mass is 9.90. The van der Waals surface area contributed by atoms with Crippen molar-refractivity contribution in [1.82, 2.24) is 0 Å². The van der Waals surface area contributed by atoms with Crippen LogP contribution in [0.25, 0.3) is 0 Å². The van der Waals surface area contributed by atoms with Crippen molar-refractivity contribution in [3.8, 4) is 11.5 Å². The Morgan fingerprint density at radius 2 is 1.55 bits per heavy atom. The summed E-state index contributed by atoms with van der Waals surface area (Å²) in [5.74, 6) is -8.80.